The first kappa shape index (κ1) is 15.0. The van der Waals surface area contributed by atoms with Gasteiger partial charge in [0, 0.05) is 16.7 Å². The molecule has 0 saturated heterocycles. The average molecular weight is 293 g/mol. The van der Waals surface area contributed by atoms with Crippen molar-refractivity contribution in [2.75, 3.05) is 7.05 Å². The lowest BCUT2D eigenvalue weighted by Gasteiger charge is -2.11. The first-order valence-electron chi connectivity index (χ1n) is 6.44. The number of hydrogen-bond donors (Lipinski definition) is 1. The molecule has 0 radical (unpaired) electrons. The SMILES string of the molecule is CNC(C)c1cccc(SCc2ccc(F)c(F)c2)c1. The third kappa shape index (κ3) is 3.81. The molecule has 0 bridgehead atoms. The Hall–Kier alpha value is -1.39. The van der Waals surface area contributed by atoms with Crippen molar-refractivity contribution >= 4 is 11.8 Å². The van der Waals surface area contributed by atoms with Crippen LogP contribution in [0.3, 0.4) is 0 Å². The van der Waals surface area contributed by atoms with Crippen LogP contribution in [0.25, 0.3) is 0 Å². The molecule has 1 nitrogen and oxygen atoms in total. The summed E-state index contributed by atoms with van der Waals surface area (Å²) in [4.78, 5) is 1.12. The fourth-order valence-corrected chi connectivity index (χ4v) is 2.74. The van der Waals surface area contributed by atoms with Crippen molar-refractivity contribution in [2.24, 2.45) is 0 Å². The predicted octanol–water partition coefficient (Wildman–Crippen LogP) is 4.54. The molecule has 0 aliphatic heterocycles. The van der Waals surface area contributed by atoms with Gasteiger partial charge in [-0.3, -0.25) is 0 Å². The van der Waals surface area contributed by atoms with Gasteiger partial charge in [-0.2, -0.15) is 0 Å². The van der Waals surface area contributed by atoms with Crippen molar-refractivity contribution in [3.05, 3.63) is 65.2 Å². The van der Waals surface area contributed by atoms with E-state index < -0.39 is 11.6 Å². The van der Waals surface area contributed by atoms with Gasteiger partial charge in [0.05, 0.1) is 0 Å². The average Bonchev–Trinajstić information content (AvgIpc) is 2.48. The molecule has 0 aromatic heterocycles. The van der Waals surface area contributed by atoms with Gasteiger partial charge in [-0.25, -0.2) is 8.78 Å². The van der Waals surface area contributed by atoms with Crippen molar-refractivity contribution in [3.63, 3.8) is 0 Å². The molecule has 0 spiro atoms. The Bertz CT molecular complexity index is 586. The van der Waals surface area contributed by atoms with Crippen LogP contribution in [0.4, 0.5) is 8.78 Å². The van der Waals surface area contributed by atoms with E-state index in [2.05, 4.69) is 24.4 Å². The Morgan fingerprint density at radius 2 is 1.90 bits per heavy atom. The van der Waals surface area contributed by atoms with E-state index in [1.54, 1.807) is 17.8 Å². The van der Waals surface area contributed by atoms with Crippen LogP contribution in [0.5, 0.6) is 0 Å². The van der Waals surface area contributed by atoms with Crippen LogP contribution in [0, 0.1) is 11.6 Å². The molecular formula is C16H17F2NS. The lowest BCUT2D eigenvalue weighted by molar-refractivity contribution is 0.507. The van der Waals surface area contributed by atoms with Crippen LogP contribution in [-0.4, -0.2) is 7.05 Å². The highest BCUT2D eigenvalue weighted by molar-refractivity contribution is 7.98. The molecule has 0 aliphatic carbocycles. The van der Waals surface area contributed by atoms with Gasteiger partial charge >= 0.3 is 0 Å². The lowest BCUT2D eigenvalue weighted by atomic mass is 10.1. The van der Waals surface area contributed by atoms with Gasteiger partial charge in [-0.15, -0.1) is 11.8 Å². The summed E-state index contributed by atoms with van der Waals surface area (Å²) in [5, 5.41) is 3.20. The summed E-state index contributed by atoms with van der Waals surface area (Å²) in [6.07, 6.45) is 0. The van der Waals surface area contributed by atoms with Crippen molar-refractivity contribution in [3.8, 4) is 0 Å². The summed E-state index contributed by atoms with van der Waals surface area (Å²) in [6.45, 7) is 2.10. The van der Waals surface area contributed by atoms with Crippen molar-refractivity contribution < 1.29 is 8.78 Å². The van der Waals surface area contributed by atoms with Gasteiger partial charge in [-0.05, 0) is 49.4 Å². The highest BCUT2D eigenvalue weighted by atomic mass is 32.2. The molecule has 2 rings (SSSR count). The quantitative estimate of drug-likeness (QED) is 0.812. The Balaban J connectivity index is 2.05. The molecule has 0 amide bonds. The second kappa shape index (κ2) is 6.86. The zero-order chi connectivity index (χ0) is 14.5. The van der Waals surface area contributed by atoms with Crippen LogP contribution < -0.4 is 5.32 Å². The minimum Gasteiger partial charge on any atom is -0.313 e. The van der Waals surface area contributed by atoms with E-state index in [4.69, 9.17) is 0 Å². The van der Waals surface area contributed by atoms with Gasteiger partial charge in [0.15, 0.2) is 11.6 Å². The molecule has 2 aromatic carbocycles. The molecule has 1 unspecified atom stereocenters. The molecule has 20 heavy (non-hydrogen) atoms. The zero-order valence-electron chi connectivity index (χ0n) is 11.5. The van der Waals surface area contributed by atoms with E-state index in [1.165, 1.54) is 17.7 Å². The maximum Gasteiger partial charge on any atom is 0.159 e. The summed E-state index contributed by atoms with van der Waals surface area (Å²) in [5.41, 5.74) is 1.99. The summed E-state index contributed by atoms with van der Waals surface area (Å²) in [6, 6.07) is 12.6. The molecule has 0 saturated carbocycles. The highest BCUT2D eigenvalue weighted by Gasteiger charge is 2.05. The molecule has 0 fully saturated rings. The summed E-state index contributed by atoms with van der Waals surface area (Å²) < 4.78 is 26.0. The number of nitrogens with one attached hydrogen (secondary N) is 1. The fourth-order valence-electron chi connectivity index (χ4n) is 1.84. The smallest absolute Gasteiger partial charge is 0.159 e. The maximum absolute atomic E-state index is 13.1. The van der Waals surface area contributed by atoms with Crippen LogP contribution in [-0.2, 0) is 5.75 Å². The standard InChI is InChI=1S/C16H17F2NS/c1-11(19-2)13-4-3-5-14(9-13)20-10-12-6-7-15(17)16(18)8-12/h3-9,11,19H,10H2,1-2H3. The van der Waals surface area contributed by atoms with Crippen LogP contribution >= 0.6 is 11.8 Å². The minimum atomic E-state index is -0.802. The number of thioether (sulfide) groups is 1. The maximum atomic E-state index is 13.1. The molecule has 4 heteroatoms. The minimum absolute atomic E-state index is 0.291. The van der Waals surface area contributed by atoms with Crippen LogP contribution in [0.15, 0.2) is 47.4 Å². The van der Waals surface area contributed by atoms with E-state index in [9.17, 15) is 8.78 Å². The van der Waals surface area contributed by atoms with Crippen molar-refractivity contribution in [2.45, 2.75) is 23.6 Å². The van der Waals surface area contributed by atoms with Gasteiger partial charge in [0.25, 0.3) is 0 Å². The molecule has 0 aliphatic rings. The number of rotatable bonds is 5. The van der Waals surface area contributed by atoms with Crippen LogP contribution in [0.1, 0.15) is 24.1 Å². The van der Waals surface area contributed by atoms with Gasteiger partial charge in [0.1, 0.15) is 0 Å². The Morgan fingerprint density at radius 1 is 1.10 bits per heavy atom. The predicted molar refractivity (Wildman–Crippen MR) is 79.8 cm³/mol. The number of hydrogen-bond acceptors (Lipinski definition) is 2. The van der Waals surface area contributed by atoms with E-state index in [1.807, 2.05) is 19.2 Å². The Kier molecular flexibility index (Phi) is 5.15. The second-order valence-electron chi connectivity index (χ2n) is 4.62. The molecule has 106 valence electrons. The summed E-state index contributed by atoms with van der Waals surface area (Å²) in [5.74, 6) is -0.974. The second-order valence-corrected chi connectivity index (χ2v) is 5.67. The van der Waals surface area contributed by atoms with Crippen molar-refractivity contribution in [1.82, 2.24) is 5.32 Å². The highest BCUT2D eigenvalue weighted by Crippen LogP contribution is 2.26. The first-order chi connectivity index (χ1) is 9.60. The van der Waals surface area contributed by atoms with E-state index in [0.29, 0.717) is 11.8 Å². The molecule has 1 atom stereocenters. The molecular weight excluding hydrogens is 276 g/mol. The molecule has 0 heterocycles. The number of benzene rings is 2. The van der Waals surface area contributed by atoms with Gasteiger partial charge in [0.2, 0.25) is 0 Å². The van der Waals surface area contributed by atoms with E-state index in [0.717, 1.165) is 10.5 Å². The third-order valence-electron chi connectivity index (χ3n) is 3.18. The van der Waals surface area contributed by atoms with Gasteiger partial charge in [-0.1, -0.05) is 18.2 Å². The number of halogens is 2. The monoisotopic (exact) mass is 293 g/mol. The molecule has 1 N–H and O–H groups in total. The Labute approximate surface area is 122 Å². The largest absolute Gasteiger partial charge is 0.313 e. The Morgan fingerprint density at radius 3 is 2.60 bits per heavy atom. The third-order valence-corrected chi connectivity index (χ3v) is 4.25. The topological polar surface area (TPSA) is 12.0 Å². The normalized spacial score (nSPS) is 12.4. The van der Waals surface area contributed by atoms with E-state index >= 15 is 0 Å². The first-order valence-corrected chi connectivity index (χ1v) is 7.42. The van der Waals surface area contributed by atoms with Crippen LogP contribution in [0.2, 0.25) is 0 Å². The summed E-state index contributed by atoms with van der Waals surface area (Å²) in [7, 11) is 1.92. The lowest BCUT2D eigenvalue weighted by Crippen LogP contribution is -2.11. The van der Waals surface area contributed by atoms with Gasteiger partial charge < -0.3 is 5.32 Å². The molecule has 2 aromatic rings. The zero-order valence-corrected chi connectivity index (χ0v) is 12.3. The fraction of sp³-hybridized carbons (Fsp3) is 0.250. The van der Waals surface area contributed by atoms with E-state index in [-0.39, 0.29) is 0 Å². The summed E-state index contributed by atoms with van der Waals surface area (Å²) >= 11 is 1.61. The van der Waals surface area contributed by atoms with Crippen molar-refractivity contribution in [1.29, 1.82) is 0 Å².